The first-order valence-electron chi connectivity index (χ1n) is 7.85. The van der Waals surface area contributed by atoms with Gasteiger partial charge in [0.1, 0.15) is 5.82 Å². The van der Waals surface area contributed by atoms with Crippen LogP contribution in [0.3, 0.4) is 0 Å². The average Bonchev–Trinajstić information content (AvgIpc) is 2.58. The van der Waals surface area contributed by atoms with E-state index >= 15 is 0 Å². The third-order valence-corrected chi connectivity index (χ3v) is 4.80. The summed E-state index contributed by atoms with van der Waals surface area (Å²) in [5.41, 5.74) is 1.21. The maximum atomic E-state index is 14.3. The van der Waals surface area contributed by atoms with E-state index in [2.05, 4.69) is 10.1 Å². The number of aromatic nitrogens is 1. The molecule has 2 rings (SSSR count). The van der Waals surface area contributed by atoms with Crippen LogP contribution in [0.4, 0.5) is 10.2 Å². The van der Waals surface area contributed by atoms with Gasteiger partial charge in [0.05, 0.1) is 17.3 Å². The number of rotatable bonds is 5. The lowest BCUT2D eigenvalue weighted by Gasteiger charge is -2.20. The standard InChI is InChI=1S/C19H19FIN3O2/c1-19(2,3)13-7-12(14(10-25)16(20)8-13)9-23-24(4)18-15(11-26)17(21)5-6-22-18/h5-11H,1-4H3/b23-9-. The molecule has 1 aromatic carbocycles. The van der Waals surface area contributed by atoms with Gasteiger partial charge in [-0.3, -0.25) is 14.6 Å². The molecule has 0 atom stereocenters. The number of pyridine rings is 1. The van der Waals surface area contributed by atoms with Gasteiger partial charge < -0.3 is 0 Å². The Morgan fingerprint density at radius 3 is 2.42 bits per heavy atom. The molecule has 0 aliphatic carbocycles. The molecular formula is C19H19FIN3O2. The molecule has 1 aromatic heterocycles. The van der Waals surface area contributed by atoms with Crippen LogP contribution in [0.25, 0.3) is 0 Å². The Kier molecular flexibility index (Phi) is 6.22. The van der Waals surface area contributed by atoms with Crippen molar-refractivity contribution < 1.29 is 14.0 Å². The van der Waals surface area contributed by atoms with E-state index < -0.39 is 5.82 Å². The van der Waals surface area contributed by atoms with E-state index in [1.54, 1.807) is 25.4 Å². The highest BCUT2D eigenvalue weighted by Gasteiger charge is 2.18. The van der Waals surface area contributed by atoms with E-state index in [1.165, 1.54) is 17.3 Å². The minimum atomic E-state index is -0.586. The van der Waals surface area contributed by atoms with Crippen molar-refractivity contribution in [2.45, 2.75) is 26.2 Å². The quantitative estimate of drug-likeness (QED) is 0.286. The summed E-state index contributed by atoms with van der Waals surface area (Å²) in [4.78, 5) is 26.8. The fourth-order valence-electron chi connectivity index (χ4n) is 2.31. The maximum Gasteiger partial charge on any atom is 0.160 e. The Balaban J connectivity index is 2.47. The Bertz CT molecular complexity index is 876. The molecule has 0 saturated heterocycles. The lowest BCUT2D eigenvalue weighted by atomic mass is 9.85. The lowest BCUT2D eigenvalue weighted by Crippen LogP contribution is -2.16. The zero-order chi connectivity index (χ0) is 19.5. The molecule has 0 N–H and O–H groups in total. The fraction of sp³-hybridized carbons (Fsp3) is 0.263. The van der Waals surface area contributed by atoms with Gasteiger partial charge in [0.25, 0.3) is 0 Å². The van der Waals surface area contributed by atoms with Crippen molar-refractivity contribution in [3.05, 3.63) is 56.0 Å². The molecule has 0 bridgehead atoms. The Hall–Kier alpha value is -2.16. The molecule has 5 nitrogen and oxygen atoms in total. The van der Waals surface area contributed by atoms with Crippen molar-refractivity contribution in [3.63, 3.8) is 0 Å². The van der Waals surface area contributed by atoms with Crippen molar-refractivity contribution in [1.29, 1.82) is 0 Å². The minimum absolute atomic E-state index is 0.0543. The summed E-state index contributed by atoms with van der Waals surface area (Å²) in [6.45, 7) is 5.88. The molecule has 0 aliphatic heterocycles. The number of halogens is 2. The summed E-state index contributed by atoms with van der Waals surface area (Å²) in [5.74, 6) is -0.208. The summed E-state index contributed by atoms with van der Waals surface area (Å²) in [6.07, 6.45) is 4.17. The molecule has 1 heterocycles. The van der Waals surface area contributed by atoms with Gasteiger partial charge in [-0.15, -0.1) is 0 Å². The SMILES string of the molecule is CN(/N=C\c1cc(C(C)(C)C)cc(F)c1C=O)c1nccc(I)c1C=O. The molecule has 26 heavy (non-hydrogen) atoms. The third kappa shape index (κ3) is 4.32. The van der Waals surface area contributed by atoms with Crippen molar-refractivity contribution in [2.75, 3.05) is 12.1 Å². The molecule has 0 saturated carbocycles. The van der Waals surface area contributed by atoms with Crippen LogP contribution in [0.1, 0.15) is 52.6 Å². The van der Waals surface area contributed by atoms with E-state index in [9.17, 15) is 14.0 Å². The second-order valence-corrected chi connectivity index (χ2v) is 7.91. The second-order valence-electron chi connectivity index (χ2n) is 6.74. The van der Waals surface area contributed by atoms with Crippen LogP contribution < -0.4 is 5.01 Å². The number of hydrogen-bond acceptors (Lipinski definition) is 5. The van der Waals surface area contributed by atoms with E-state index in [-0.39, 0.29) is 11.0 Å². The monoisotopic (exact) mass is 467 g/mol. The predicted octanol–water partition coefficient (Wildman–Crippen LogP) is 4.22. The van der Waals surface area contributed by atoms with Crippen molar-refractivity contribution in [2.24, 2.45) is 5.10 Å². The molecule has 0 radical (unpaired) electrons. The average molecular weight is 467 g/mol. The number of carbonyl (C=O) groups is 2. The molecule has 0 spiro atoms. The molecule has 0 fully saturated rings. The number of hydrazone groups is 1. The first-order chi connectivity index (χ1) is 12.2. The van der Waals surface area contributed by atoms with Crippen LogP contribution >= 0.6 is 22.6 Å². The Labute approximate surface area is 165 Å². The third-order valence-electron chi connectivity index (χ3n) is 3.86. The summed E-state index contributed by atoms with van der Waals surface area (Å²) >= 11 is 2.04. The largest absolute Gasteiger partial charge is 0.298 e. The van der Waals surface area contributed by atoms with E-state index in [0.717, 1.165) is 9.13 Å². The van der Waals surface area contributed by atoms with Crippen LogP contribution in [-0.2, 0) is 5.41 Å². The van der Waals surface area contributed by atoms with Gasteiger partial charge in [-0.1, -0.05) is 20.8 Å². The van der Waals surface area contributed by atoms with Gasteiger partial charge in [-0.2, -0.15) is 5.10 Å². The van der Waals surface area contributed by atoms with E-state index in [0.29, 0.717) is 29.5 Å². The number of nitrogens with zero attached hydrogens (tertiary/aromatic N) is 3. The first kappa shape index (κ1) is 20.2. The van der Waals surface area contributed by atoms with E-state index in [1.807, 2.05) is 43.4 Å². The molecule has 7 heteroatoms. The van der Waals surface area contributed by atoms with Gasteiger partial charge in [-0.05, 0) is 51.8 Å². The van der Waals surface area contributed by atoms with Gasteiger partial charge in [-0.25, -0.2) is 9.37 Å². The number of carbonyl (C=O) groups excluding carboxylic acids is 2. The van der Waals surface area contributed by atoms with Gasteiger partial charge >= 0.3 is 0 Å². The molecule has 2 aromatic rings. The number of hydrogen-bond donors (Lipinski definition) is 0. The highest BCUT2D eigenvalue weighted by molar-refractivity contribution is 14.1. The summed E-state index contributed by atoms with van der Waals surface area (Å²) in [6, 6.07) is 4.83. The van der Waals surface area contributed by atoms with Crippen molar-refractivity contribution in [1.82, 2.24) is 4.98 Å². The zero-order valence-electron chi connectivity index (χ0n) is 15.0. The zero-order valence-corrected chi connectivity index (χ0v) is 17.1. The summed E-state index contributed by atoms with van der Waals surface area (Å²) in [7, 11) is 1.63. The number of benzene rings is 1. The second kappa shape index (κ2) is 8.03. The van der Waals surface area contributed by atoms with Gasteiger partial charge in [0.2, 0.25) is 0 Å². The highest BCUT2D eigenvalue weighted by Crippen LogP contribution is 2.26. The topological polar surface area (TPSA) is 62.6 Å². The minimum Gasteiger partial charge on any atom is -0.298 e. The van der Waals surface area contributed by atoms with Gasteiger partial charge in [0, 0.05) is 22.4 Å². The van der Waals surface area contributed by atoms with Crippen molar-refractivity contribution >= 4 is 47.2 Å². The number of aldehydes is 2. The number of anilines is 1. The highest BCUT2D eigenvalue weighted by atomic mass is 127. The molecule has 0 unspecified atom stereocenters. The first-order valence-corrected chi connectivity index (χ1v) is 8.93. The van der Waals surface area contributed by atoms with Crippen LogP contribution in [0.2, 0.25) is 0 Å². The lowest BCUT2D eigenvalue weighted by molar-refractivity contribution is 0.111. The predicted molar refractivity (Wildman–Crippen MR) is 109 cm³/mol. The summed E-state index contributed by atoms with van der Waals surface area (Å²) < 4.78 is 15.0. The molecule has 0 aliphatic rings. The molecule has 0 amide bonds. The molecule has 136 valence electrons. The smallest absolute Gasteiger partial charge is 0.160 e. The summed E-state index contributed by atoms with van der Waals surface area (Å²) in [5, 5.41) is 5.66. The fourth-order valence-corrected chi connectivity index (χ4v) is 2.84. The van der Waals surface area contributed by atoms with Crippen LogP contribution in [0.5, 0.6) is 0 Å². The van der Waals surface area contributed by atoms with Gasteiger partial charge in [0.15, 0.2) is 18.4 Å². The van der Waals surface area contributed by atoms with E-state index in [4.69, 9.17) is 0 Å². The van der Waals surface area contributed by atoms with Crippen LogP contribution in [-0.4, -0.2) is 30.8 Å². The Morgan fingerprint density at radius 2 is 1.85 bits per heavy atom. The Morgan fingerprint density at radius 1 is 1.19 bits per heavy atom. The van der Waals surface area contributed by atoms with Crippen molar-refractivity contribution in [3.8, 4) is 0 Å². The maximum absolute atomic E-state index is 14.3. The van der Waals surface area contributed by atoms with Crippen LogP contribution in [0, 0.1) is 9.39 Å². The van der Waals surface area contributed by atoms with Crippen LogP contribution in [0.15, 0.2) is 29.5 Å². The normalized spacial score (nSPS) is 11.6. The molecular weight excluding hydrogens is 448 g/mol.